The van der Waals surface area contributed by atoms with Crippen molar-refractivity contribution in [1.29, 1.82) is 0 Å². The maximum absolute atomic E-state index is 11.8. The Morgan fingerprint density at radius 2 is 1.89 bits per heavy atom. The van der Waals surface area contributed by atoms with Crippen molar-refractivity contribution < 1.29 is 9.21 Å². The molecule has 1 aromatic carbocycles. The molecule has 3 N–H and O–H groups in total. The number of carbonyl (C=O) groups excluding carboxylic acids is 1. The monoisotopic (exact) mass is 244 g/mol. The topological polar surface area (TPSA) is 68.3 Å². The van der Waals surface area contributed by atoms with Crippen molar-refractivity contribution in [2.75, 3.05) is 0 Å². The average Bonchev–Trinajstić information content (AvgIpc) is 2.83. The molecule has 0 spiro atoms. The van der Waals surface area contributed by atoms with E-state index in [1.165, 1.54) is 6.26 Å². The Balaban J connectivity index is 1.95. The fourth-order valence-corrected chi connectivity index (χ4v) is 1.66. The number of aryl methyl sites for hydroxylation is 1. The van der Waals surface area contributed by atoms with E-state index >= 15 is 0 Å². The first kappa shape index (κ1) is 12.4. The van der Waals surface area contributed by atoms with Gasteiger partial charge in [-0.25, -0.2) is 0 Å². The smallest absolute Gasteiger partial charge is 0.287 e. The summed E-state index contributed by atoms with van der Waals surface area (Å²) in [7, 11) is 0. The minimum Gasteiger partial charge on any atom is -0.459 e. The molecule has 0 saturated heterocycles. The molecule has 94 valence electrons. The van der Waals surface area contributed by atoms with E-state index in [1.54, 1.807) is 6.07 Å². The first-order valence-corrected chi connectivity index (χ1v) is 5.81. The van der Waals surface area contributed by atoms with Crippen LogP contribution in [0.1, 0.15) is 27.2 Å². The lowest BCUT2D eigenvalue weighted by Gasteiger charge is -2.05. The van der Waals surface area contributed by atoms with Crippen LogP contribution in [-0.2, 0) is 13.1 Å². The molecule has 0 aliphatic carbocycles. The first-order valence-electron chi connectivity index (χ1n) is 5.81. The van der Waals surface area contributed by atoms with E-state index in [0.29, 0.717) is 18.8 Å². The van der Waals surface area contributed by atoms with Gasteiger partial charge < -0.3 is 15.5 Å². The molecule has 0 atom stereocenters. The van der Waals surface area contributed by atoms with Gasteiger partial charge in [0.25, 0.3) is 5.91 Å². The first-order chi connectivity index (χ1) is 8.70. The largest absolute Gasteiger partial charge is 0.459 e. The van der Waals surface area contributed by atoms with Gasteiger partial charge in [0.05, 0.1) is 6.26 Å². The Hall–Kier alpha value is -2.07. The van der Waals surface area contributed by atoms with Crippen LogP contribution in [0.5, 0.6) is 0 Å². The van der Waals surface area contributed by atoms with Crippen LogP contribution in [0.25, 0.3) is 0 Å². The van der Waals surface area contributed by atoms with E-state index in [4.69, 9.17) is 10.2 Å². The molecule has 0 aliphatic heterocycles. The number of hydrogen-bond acceptors (Lipinski definition) is 3. The maximum Gasteiger partial charge on any atom is 0.287 e. The summed E-state index contributed by atoms with van der Waals surface area (Å²) in [5.74, 6) is 0.175. The normalized spacial score (nSPS) is 10.3. The molecule has 0 fully saturated rings. The molecule has 4 heteroatoms. The lowest BCUT2D eigenvalue weighted by Crippen LogP contribution is -2.22. The zero-order valence-electron chi connectivity index (χ0n) is 10.3. The van der Waals surface area contributed by atoms with Crippen LogP contribution in [0.3, 0.4) is 0 Å². The van der Waals surface area contributed by atoms with E-state index in [2.05, 4.69) is 5.32 Å². The molecular weight excluding hydrogens is 228 g/mol. The van der Waals surface area contributed by atoms with Crippen LogP contribution in [0.15, 0.2) is 41.0 Å². The molecule has 1 aromatic heterocycles. The van der Waals surface area contributed by atoms with E-state index in [1.807, 2.05) is 31.2 Å². The molecule has 1 heterocycles. The number of rotatable bonds is 4. The number of benzene rings is 1. The SMILES string of the molecule is Cc1ccoc1C(=O)NCc1ccc(CN)cc1. The molecule has 2 aromatic rings. The van der Waals surface area contributed by atoms with Crippen molar-refractivity contribution in [1.82, 2.24) is 5.32 Å². The molecule has 1 amide bonds. The molecule has 2 rings (SSSR count). The van der Waals surface area contributed by atoms with Crippen molar-refractivity contribution in [3.8, 4) is 0 Å². The number of hydrogen-bond donors (Lipinski definition) is 2. The average molecular weight is 244 g/mol. The highest BCUT2D eigenvalue weighted by molar-refractivity contribution is 5.92. The van der Waals surface area contributed by atoms with Gasteiger partial charge in [0.15, 0.2) is 5.76 Å². The van der Waals surface area contributed by atoms with Crippen LogP contribution < -0.4 is 11.1 Å². The molecule has 0 unspecified atom stereocenters. The minimum absolute atomic E-state index is 0.194. The highest BCUT2D eigenvalue weighted by Crippen LogP contribution is 2.09. The van der Waals surface area contributed by atoms with E-state index in [0.717, 1.165) is 16.7 Å². The van der Waals surface area contributed by atoms with Crippen molar-refractivity contribution >= 4 is 5.91 Å². The van der Waals surface area contributed by atoms with Gasteiger partial charge in [-0.05, 0) is 24.1 Å². The number of amides is 1. The summed E-state index contributed by atoms with van der Waals surface area (Å²) >= 11 is 0. The van der Waals surface area contributed by atoms with Gasteiger partial charge in [0.2, 0.25) is 0 Å². The molecule has 0 bridgehead atoms. The number of nitrogens with two attached hydrogens (primary N) is 1. The van der Waals surface area contributed by atoms with Crippen LogP contribution in [0, 0.1) is 6.92 Å². The van der Waals surface area contributed by atoms with Crippen molar-refractivity contribution in [3.63, 3.8) is 0 Å². The zero-order valence-corrected chi connectivity index (χ0v) is 10.3. The number of nitrogens with one attached hydrogen (secondary N) is 1. The van der Waals surface area contributed by atoms with Gasteiger partial charge in [-0.15, -0.1) is 0 Å². The second kappa shape index (κ2) is 5.51. The van der Waals surface area contributed by atoms with Crippen LogP contribution in [-0.4, -0.2) is 5.91 Å². The highest BCUT2D eigenvalue weighted by atomic mass is 16.3. The van der Waals surface area contributed by atoms with E-state index in [9.17, 15) is 4.79 Å². The lowest BCUT2D eigenvalue weighted by atomic mass is 10.1. The van der Waals surface area contributed by atoms with Crippen molar-refractivity contribution in [2.45, 2.75) is 20.0 Å². The number of carbonyl (C=O) groups is 1. The zero-order chi connectivity index (χ0) is 13.0. The summed E-state index contributed by atoms with van der Waals surface area (Å²) in [6.07, 6.45) is 1.51. The molecule has 0 aliphatic rings. The summed E-state index contributed by atoms with van der Waals surface area (Å²) < 4.78 is 5.12. The third-order valence-corrected chi connectivity index (χ3v) is 2.78. The Kier molecular flexibility index (Phi) is 3.79. The van der Waals surface area contributed by atoms with Gasteiger partial charge in [-0.1, -0.05) is 24.3 Å². The predicted octanol–water partition coefficient (Wildman–Crippen LogP) is 1.98. The second-order valence-corrected chi connectivity index (χ2v) is 4.14. The van der Waals surface area contributed by atoms with Gasteiger partial charge in [-0.2, -0.15) is 0 Å². The Bertz CT molecular complexity index is 529. The maximum atomic E-state index is 11.8. The van der Waals surface area contributed by atoms with Crippen LogP contribution in [0.2, 0.25) is 0 Å². The van der Waals surface area contributed by atoms with E-state index < -0.39 is 0 Å². The standard InChI is InChI=1S/C14H16N2O2/c1-10-6-7-18-13(10)14(17)16-9-12-4-2-11(8-15)3-5-12/h2-7H,8-9,15H2,1H3,(H,16,17). The minimum atomic E-state index is -0.194. The second-order valence-electron chi connectivity index (χ2n) is 4.14. The van der Waals surface area contributed by atoms with Crippen molar-refractivity contribution in [2.24, 2.45) is 5.73 Å². The van der Waals surface area contributed by atoms with Gasteiger partial charge >= 0.3 is 0 Å². The molecule has 0 saturated carbocycles. The molecular formula is C14H16N2O2. The molecule has 4 nitrogen and oxygen atoms in total. The Morgan fingerprint density at radius 1 is 1.22 bits per heavy atom. The highest BCUT2D eigenvalue weighted by Gasteiger charge is 2.11. The fourth-order valence-electron chi connectivity index (χ4n) is 1.66. The summed E-state index contributed by atoms with van der Waals surface area (Å²) in [4.78, 5) is 11.8. The number of furan rings is 1. The van der Waals surface area contributed by atoms with Gasteiger partial charge in [0, 0.05) is 18.7 Å². The van der Waals surface area contributed by atoms with Gasteiger partial charge in [-0.3, -0.25) is 4.79 Å². The fraction of sp³-hybridized carbons (Fsp3) is 0.214. The summed E-state index contributed by atoms with van der Waals surface area (Å²) in [5.41, 5.74) is 8.47. The predicted molar refractivity (Wildman–Crippen MR) is 68.9 cm³/mol. The lowest BCUT2D eigenvalue weighted by molar-refractivity contribution is 0.0922. The Morgan fingerprint density at radius 3 is 2.44 bits per heavy atom. The molecule has 0 radical (unpaired) electrons. The Labute approximate surface area is 106 Å². The van der Waals surface area contributed by atoms with Crippen LogP contribution in [0.4, 0.5) is 0 Å². The third-order valence-electron chi connectivity index (χ3n) is 2.78. The van der Waals surface area contributed by atoms with Crippen molar-refractivity contribution in [3.05, 3.63) is 59.0 Å². The van der Waals surface area contributed by atoms with Gasteiger partial charge in [0.1, 0.15) is 0 Å². The van der Waals surface area contributed by atoms with Crippen LogP contribution >= 0.6 is 0 Å². The quantitative estimate of drug-likeness (QED) is 0.864. The molecule has 18 heavy (non-hydrogen) atoms. The third kappa shape index (κ3) is 2.78. The summed E-state index contributed by atoms with van der Waals surface area (Å²) in [6.45, 7) is 2.84. The summed E-state index contributed by atoms with van der Waals surface area (Å²) in [5, 5.41) is 2.82. The summed E-state index contributed by atoms with van der Waals surface area (Å²) in [6, 6.07) is 9.60. The van der Waals surface area contributed by atoms with E-state index in [-0.39, 0.29) is 5.91 Å².